The minimum Gasteiger partial charge on any atom is -0.393 e. The molecule has 2 unspecified atom stereocenters. The molecular formula is C10H16N2O2S. The molecule has 0 amide bonds. The zero-order chi connectivity index (χ0) is 10.7. The van der Waals surface area contributed by atoms with Crippen molar-refractivity contribution in [3.63, 3.8) is 0 Å². The molecule has 1 saturated heterocycles. The van der Waals surface area contributed by atoms with E-state index in [1.165, 1.54) is 12.2 Å². The normalized spacial score (nSPS) is 24.0. The number of thioether (sulfide) groups is 1. The molecule has 1 aliphatic heterocycles. The summed E-state index contributed by atoms with van der Waals surface area (Å²) in [5.41, 5.74) is 0. The molecule has 0 aliphatic carbocycles. The quantitative estimate of drug-likeness (QED) is 0.851. The third kappa shape index (κ3) is 2.95. The summed E-state index contributed by atoms with van der Waals surface area (Å²) in [5, 5.41) is 13.2. The third-order valence-corrected chi connectivity index (χ3v) is 3.69. The molecule has 1 N–H and O–H groups in total. The van der Waals surface area contributed by atoms with E-state index in [1.54, 1.807) is 6.92 Å². The van der Waals surface area contributed by atoms with E-state index >= 15 is 0 Å². The van der Waals surface area contributed by atoms with Crippen LogP contribution in [0.15, 0.2) is 4.52 Å². The molecule has 1 fully saturated rings. The largest absolute Gasteiger partial charge is 0.393 e. The Hall–Kier alpha value is -0.550. The standard InChI is InChI=1S/C10H16N2O2S/c1-7(13)5-9-11-10(12-14-9)8-3-2-4-15-6-8/h7-8,13H,2-6H2,1H3. The van der Waals surface area contributed by atoms with Gasteiger partial charge in [-0.2, -0.15) is 16.7 Å². The van der Waals surface area contributed by atoms with E-state index in [4.69, 9.17) is 4.52 Å². The van der Waals surface area contributed by atoms with Crippen molar-refractivity contribution in [3.8, 4) is 0 Å². The van der Waals surface area contributed by atoms with Crippen molar-refractivity contribution in [1.29, 1.82) is 0 Å². The Kier molecular flexibility index (Phi) is 3.64. The van der Waals surface area contributed by atoms with E-state index in [1.807, 2.05) is 11.8 Å². The molecule has 0 radical (unpaired) electrons. The van der Waals surface area contributed by atoms with Crippen molar-refractivity contribution in [2.45, 2.75) is 38.2 Å². The molecule has 0 aromatic carbocycles. The second-order valence-electron chi connectivity index (χ2n) is 4.01. The SMILES string of the molecule is CC(O)Cc1nc(C2CCCSC2)no1. The first-order valence-corrected chi connectivity index (χ1v) is 6.49. The van der Waals surface area contributed by atoms with Gasteiger partial charge >= 0.3 is 0 Å². The second-order valence-corrected chi connectivity index (χ2v) is 5.16. The Morgan fingerprint density at radius 3 is 3.20 bits per heavy atom. The van der Waals surface area contributed by atoms with Gasteiger partial charge in [0.1, 0.15) is 0 Å². The molecule has 0 spiro atoms. The minimum absolute atomic E-state index is 0.418. The van der Waals surface area contributed by atoms with E-state index in [-0.39, 0.29) is 0 Å². The van der Waals surface area contributed by atoms with Gasteiger partial charge in [0.2, 0.25) is 5.89 Å². The van der Waals surface area contributed by atoms with Gasteiger partial charge in [0, 0.05) is 11.7 Å². The number of aliphatic hydroxyl groups is 1. The zero-order valence-corrected chi connectivity index (χ0v) is 9.66. The molecule has 2 rings (SSSR count). The smallest absolute Gasteiger partial charge is 0.229 e. The van der Waals surface area contributed by atoms with E-state index < -0.39 is 6.10 Å². The topological polar surface area (TPSA) is 59.2 Å². The fourth-order valence-corrected chi connectivity index (χ4v) is 2.85. The average molecular weight is 228 g/mol. The number of aromatic nitrogens is 2. The van der Waals surface area contributed by atoms with Gasteiger partial charge in [0.05, 0.1) is 12.5 Å². The fourth-order valence-electron chi connectivity index (χ4n) is 1.71. The summed E-state index contributed by atoms with van der Waals surface area (Å²) in [4.78, 5) is 4.32. The van der Waals surface area contributed by atoms with Crippen molar-refractivity contribution < 1.29 is 9.63 Å². The van der Waals surface area contributed by atoms with Crippen LogP contribution in [0, 0.1) is 0 Å². The van der Waals surface area contributed by atoms with Crippen molar-refractivity contribution in [2.24, 2.45) is 0 Å². The van der Waals surface area contributed by atoms with Gasteiger partial charge in [-0.25, -0.2) is 0 Å². The summed E-state index contributed by atoms with van der Waals surface area (Å²) in [6, 6.07) is 0. The number of aliphatic hydroxyl groups excluding tert-OH is 1. The first-order chi connectivity index (χ1) is 7.25. The summed E-state index contributed by atoms with van der Waals surface area (Å²) >= 11 is 1.95. The predicted octanol–water partition coefficient (Wildman–Crippen LogP) is 1.60. The van der Waals surface area contributed by atoms with Crippen LogP contribution >= 0.6 is 11.8 Å². The molecule has 1 aliphatic rings. The highest BCUT2D eigenvalue weighted by molar-refractivity contribution is 7.99. The summed E-state index contributed by atoms with van der Waals surface area (Å²) in [5.74, 6) is 4.14. The van der Waals surface area contributed by atoms with Crippen LogP contribution in [0.3, 0.4) is 0 Å². The maximum absolute atomic E-state index is 9.19. The highest BCUT2D eigenvalue weighted by Crippen LogP contribution is 2.29. The van der Waals surface area contributed by atoms with Gasteiger partial charge in [-0.15, -0.1) is 0 Å². The molecule has 1 aromatic rings. The third-order valence-electron chi connectivity index (χ3n) is 2.48. The van der Waals surface area contributed by atoms with Crippen molar-refractivity contribution in [3.05, 3.63) is 11.7 Å². The lowest BCUT2D eigenvalue weighted by molar-refractivity contribution is 0.181. The summed E-state index contributed by atoms with van der Waals surface area (Å²) in [6.45, 7) is 1.72. The Morgan fingerprint density at radius 1 is 1.67 bits per heavy atom. The highest BCUT2D eigenvalue weighted by atomic mass is 32.2. The number of rotatable bonds is 3. The lowest BCUT2D eigenvalue weighted by Crippen LogP contribution is -2.10. The van der Waals surface area contributed by atoms with Gasteiger partial charge in [0.25, 0.3) is 0 Å². The van der Waals surface area contributed by atoms with Crippen LogP contribution in [0.5, 0.6) is 0 Å². The van der Waals surface area contributed by atoms with Gasteiger partial charge in [-0.3, -0.25) is 0 Å². The van der Waals surface area contributed by atoms with Gasteiger partial charge < -0.3 is 9.63 Å². The molecule has 1 aromatic heterocycles. The van der Waals surface area contributed by atoms with Crippen molar-refractivity contribution >= 4 is 11.8 Å². The summed E-state index contributed by atoms with van der Waals surface area (Å²) in [6.07, 6.45) is 2.42. The fraction of sp³-hybridized carbons (Fsp3) is 0.800. The highest BCUT2D eigenvalue weighted by Gasteiger charge is 2.21. The van der Waals surface area contributed by atoms with Crippen LogP contribution in [0.4, 0.5) is 0 Å². The lowest BCUT2D eigenvalue weighted by atomic mass is 10.1. The number of hydrogen-bond donors (Lipinski definition) is 1. The summed E-state index contributed by atoms with van der Waals surface area (Å²) in [7, 11) is 0. The van der Waals surface area contributed by atoms with Crippen LogP contribution in [0.2, 0.25) is 0 Å². The van der Waals surface area contributed by atoms with Crippen molar-refractivity contribution in [2.75, 3.05) is 11.5 Å². The molecule has 0 saturated carbocycles. The Bertz CT molecular complexity index is 308. The van der Waals surface area contributed by atoms with Crippen LogP contribution in [-0.4, -0.2) is 32.9 Å². The monoisotopic (exact) mass is 228 g/mol. The van der Waals surface area contributed by atoms with E-state index in [0.717, 1.165) is 18.0 Å². The maximum atomic E-state index is 9.19. The van der Waals surface area contributed by atoms with Gasteiger partial charge in [-0.1, -0.05) is 5.16 Å². The lowest BCUT2D eigenvalue weighted by Gasteiger charge is -2.17. The predicted molar refractivity (Wildman–Crippen MR) is 59.0 cm³/mol. The Balaban J connectivity index is 1.99. The first-order valence-electron chi connectivity index (χ1n) is 5.34. The molecule has 5 heteroatoms. The average Bonchev–Trinajstić information content (AvgIpc) is 2.67. The molecule has 15 heavy (non-hydrogen) atoms. The van der Waals surface area contributed by atoms with Gasteiger partial charge in [-0.05, 0) is 25.5 Å². The molecule has 84 valence electrons. The number of hydrogen-bond acceptors (Lipinski definition) is 5. The van der Waals surface area contributed by atoms with Crippen molar-refractivity contribution in [1.82, 2.24) is 10.1 Å². The van der Waals surface area contributed by atoms with Gasteiger partial charge in [0.15, 0.2) is 5.82 Å². The Morgan fingerprint density at radius 2 is 2.53 bits per heavy atom. The van der Waals surface area contributed by atoms with Crippen LogP contribution < -0.4 is 0 Å². The van der Waals surface area contributed by atoms with E-state index in [2.05, 4.69) is 10.1 Å². The molecular weight excluding hydrogens is 212 g/mol. The van der Waals surface area contributed by atoms with E-state index in [9.17, 15) is 5.11 Å². The molecule has 2 heterocycles. The Labute approximate surface area is 93.4 Å². The molecule has 0 bridgehead atoms. The summed E-state index contributed by atoms with van der Waals surface area (Å²) < 4.78 is 5.10. The first kappa shape index (κ1) is 11.0. The van der Waals surface area contributed by atoms with Crippen LogP contribution in [0.25, 0.3) is 0 Å². The van der Waals surface area contributed by atoms with Crippen LogP contribution in [-0.2, 0) is 6.42 Å². The van der Waals surface area contributed by atoms with Crippen LogP contribution in [0.1, 0.15) is 37.4 Å². The molecule has 4 nitrogen and oxygen atoms in total. The molecule has 2 atom stereocenters. The number of nitrogens with zero attached hydrogens (tertiary/aromatic N) is 2. The minimum atomic E-state index is -0.418. The second kappa shape index (κ2) is 4.99. The van der Waals surface area contributed by atoms with E-state index in [0.29, 0.717) is 18.2 Å². The zero-order valence-electron chi connectivity index (χ0n) is 8.85. The maximum Gasteiger partial charge on any atom is 0.229 e.